The van der Waals surface area contributed by atoms with Crippen LogP contribution in [0.3, 0.4) is 0 Å². The van der Waals surface area contributed by atoms with E-state index in [0.717, 1.165) is 27.1 Å². The highest BCUT2D eigenvalue weighted by molar-refractivity contribution is 5.79. The van der Waals surface area contributed by atoms with Crippen LogP contribution in [0.4, 0.5) is 4.39 Å². The van der Waals surface area contributed by atoms with Crippen molar-refractivity contribution in [2.24, 2.45) is 14.1 Å². The van der Waals surface area contributed by atoms with Gasteiger partial charge in [0.05, 0.1) is 5.69 Å². The van der Waals surface area contributed by atoms with Crippen molar-refractivity contribution in [2.75, 3.05) is 0 Å². The van der Waals surface area contributed by atoms with Crippen LogP contribution in [0.15, 0.2) is 64.3 Å². The van der Waals surface area contributed by atoms with E-state index < -0.39 is 11.2 Å². The summed E-state index contributed by atoms with van der Waals surface area (Å²) in [7, 11) is 3.04. The third kappa shape index (κ3) is 2.46. The molecule has 0 unspecified atom stereocenters. The zero-order valence-corrected chi connectivity index (χ0v) is 16.6. The van der Waals surface area contributed by atoms with Crippen LogP contribution in [0.5, 0.6) is 0 Å². The molecule has 0 amide bonds. The van der Waals surface area contributed by atoms with Gasteiger partial charge in [0.2, 0.25) is 5.78 Å². The number of imidazole rings is 2. The van der Waals surface area contributed by atoms with Gasteiger partial charge in [-0.2, -0.15) is 4.98 Å². The standard InChI is InChI=1S/C22H18FN5O2/c1-13-4-10-16(11-5-13)28-17(14-6-8-15(23)9-7-14)12-27-18-19(24-21(27)28)25(2)22(30)26(3)20(18)29/h4-12H,1-3H3. The molecule has 30 heavy (non-hydrogen) atoms. The van der Waals surface area contributed by atoms with Crippen LogP contribution in [0.25, 0.3) is 33.9 Å². The van der Waals surface area contributed by atoms with Crippen molar-refractivity contribution in [3.05, 3.63) is 86.9 Å². The van der Waals surface area contributed by atoms with Crippen molar-refractivity contribution in [1.82, 2.24) is 23.1 Å². The second-order valence-corrected chi connectivity index (χ2v) is 7.35. The first-order valence-corrected chi connectivity index (χ1v) is 9.39. The Morgan fingerprint density at radius 3 is 2.23 bits per heavy atom. The zero-order valence-electron chi connectivity index (χ0n) is 16.6. The van der Waals surface area contributed by atoms with E-state index >= 15 is 0 Å². The molecule has 7 nitrogen and oxygen atoms in total. The van der Waals surface area contributed by atoms with Gasteiger partial charge in [0.15, 0.2) is 11.2 Å². The zero-order chi connectivity index (χ0) is 21.2. The average Bonchev–Trinajstić information content (AvgIpc) is 3.28. The highest BCUT2D eigenvalue weighted by Crippen LogP contribution is 2.29. The first kappa shape index (κ1) is 18.1. The summed E-state index contributed by atoms with van der Waals surface area (Å²) in [5.74, 6) is 0.165. The lowest BCUT2D eigenvalue weighted by Gasteiger charge is -2.09. The van der Waals surface area contributed by atoms with E-state index in [1.54, 1.807) is 29.8 Å². The summed E-state index contributed by atoms with van der Waals surface area (Å²) >= 11 is 0. The molecule has 0 saturated carbocycles. The summed E-state index contributed by atoms with van der Waals surface area (Å²) < 4.78 is 19.5. The van der Waals surface area contributed by atoms with Gasteiger partial charge in [0, 0.05) is 31.5 Å². The molecule has 8 heteroatoms. The van der Waals surface area contributed by atoms with Crippen LogP contribution in [-0.4, -0.2) is 23.1 Å². The predicted octanol–water partition coefficient (Wildman–Crippen LogP) is 2.79. The normalized spacial score (nSPS) is 11.6. The van der Waals surface area contributed by atoms with E-state index in [9.17, 15) is 14.0 Å². The van der Waals surface area contributed by atoms with Gasteiger partial charge in [-0.1, -0.05) is 17.7 Å². The molecular formula is C22H18FN5O2. The summed E-state index contributed by atoms with van der Waals surface area (Å²) in [5.41, 5.74) is 3.23. The van der Waals surface area contributed by atoms with Gasteiger partial charge in [-0.05, 0) is 43.3 Å². The van der Waals surface area contributed by atoms with Gasteiger partial charge in [-0.15, -0.1) is 0 Å². The fourth-order valence-corrected chi connectivity index (χ4v) is 3.74. The van der Waals surface area contributed by atoms with Crippen molar-refractivity contribution >= 4 is 16.9 Å². The Balaban J connectivity index is 1.95. The summed E-state index contributed by atoms with van der Waals surface area (Å²) in [6, 6.07) is 14.0. The van der Waals surface area contributed by atoms with E-state index in [4.69, 9.17) is 0 Å². The van der Waals surface area contributed by atoms with Crippen molar-refractivity contribution in [3.8, 4) is 16.9 Å². The molecule has 0 aliphatic heterocycles. The quantitative estimate of drug-likeness (QED) is 0.455. The monoisotopic (exact) mass is 403 g/mol. The SMILES string of the molecule is Cc1ccc(-n2c(-c3ccc(F)cc3)cn3c4c(=O)n(C)c(=O)n(C)c4nc23)cc1. The fourth-order valence-electron chi connectivity index (χ4n) is 3.74. The van der Waals surface area contributed by atoms with E-state index in [1.165, 1.54) is 23.7 Å². The number of aromatic nitrogens is 5. The summed E-state index contributed by atoms with van der Waals surface area (Å²) in [6.45, 7) is 2.00. The molecule has 0 radical (unpaired) electrons. The predicted molar refractivity (Wildman–Crippen MR) is 113 cm³/mol. The Bertz CT molecular complexity index is 1550. The Kier molecular flexibility index (Phi) is 3.79. The Hall–Kier alpha value is -3.94. The van der Waals surface area contributed by atoms with Crippen LogP contribution >= 0.6 is 0 Å². The number of rotatable bonds is 2. The third-order valence-corrected chi connectivity index (χ3v) is 5.40. The Labute approximate surface area is 169 Å². The third-order valence-electron chi connectivity index (χ3n) is 5.40. The van der Waals surface area contributed by atoms with Crippen LogP contribution < -0.4 is 11.2 Å². The largest absolute Gasteiger partial charge is 0.332 e. The van der Waals surface area contributed by atoms with Crippen LogP contribution in [0.2, 0.25) is 0 Å². The second-order valence-electron chi connectivity index (χ2n) is 7.35. The van der Waals surface area contributed by atoms with Crippen LogP contribution in [-0.2, 0) is 14.1 Å². The highest BCUT2D eigenvalue weighted by atomic mass is 19.1. The summed E-state index contributed by atoms with van der Waals surface area (Å²) in [5, 5.41) is 0. The molecule has 150 valence electrons. The number of benzene rings is 2. The van der Waals surface area contributed by atoms with E-state index in [0.29, 0.717) is 16.9 Å². The lowest BCUT2D eigenvalue weighted by Crippen LogP contribution is -2.37. The minimum atomic E-state index is -0.436. The number of hydrogen-bond donors (Lipinski definition) is 0. The minimum Gasteiger partial charge on any atom is -0.279 e. The van der Waals surface area contributed by atoms with Gasteiger partial charge < -0.3 is 0 Å². The van der Waals surface area contributed by atoms with Crippen molar-refractivity contribution in [3.63, 3.8) is 0 Å². The summed E-state index contributed by atoms with van der Waals surface area (Å²) in [4.78, 5) is 29.9. The number of halogens is 1. The minimum absolute atomic E-state index is 0.309. The molecule has 3 heterocycles. The maximum absolute atomic E-state index is 13.5. The Morgan fingerprint density at radius 1 is 0.900 bits per heavy atom. The fraction of sp³-hybridized carbons (Fsp3) is 0.136. The maximum atomic E-state index is 13.5. The molecule has 0 fully saturated rings. The van der Waals surface area contributed by atoms with Gasteiger partial charge >= 0.3 is 5.69 Å². The molecule has 0 bridgehead atoms. The van der Waals surface area contributed by atoms with E-state index in [1.807, 2.05) is 35.8 Å². The van der Waals surface area contributed by atoms with Crippen molar-refractivity contribution in [2.45, 2.75) is 6.92 Å². The topological polar surface area (TPSA) is 66.2 Å². The first-order chi connectivity index (χ1) is 14.4. The molecule has 0 aliphatic carbocycles. The van der Waals surface area contributed by atoms with Crippen LogP contribution in [0.1, 0.15) is 5.56 Å². The smallest absolute Gasteiger partial charge is 0.279 e. The number of aryl methyl sites for hydroxylation is 2. The molecule has 5 rings (SSSR count). The molecule has 0 N–H and O–H groups in total. The summed E-state index contributed by atoms with van der Waals surface area (Å²) in [6.07, 6.45) is 1.80. The number of nitrogens with zero attached hydrogens (tertiary/aromatic N) is 5. The van der Waals surface area contributed by atoms with Gasteiger partial charge in [0.25, 0.3) is 5.56 Å². The van der Waals surface area contributed by atoms with Crippen LogP contribution in [0, 0.1) is 12.7 Å². The molecular weight excluding hydrogens is 385 g/mol. The molecule has 3 aromatic heterocycles. The lowest BCUT2D eigenvalue weighted by atomic mass is 10.1. The van der Waals surface area contributed by atoms with Gasteiger partial charge in [-0.25, -0.2) is 9.18 Å². The van der Waals surface area contributed by atoms with Gasteiger partial charge in [0.1, 0.15) is 5.82 Å². The second kappa shape index (κ2) is 6.28. The number of fused-ring (bicyclic) bond motifs is 3. The highest BCUT2D eigenvalue weighted by Gasteiger charge is 2.21. The van der Waals surface area contributed by atoms with E-state index in [2.05, 4.69) is 4.98 Å². The molecule has 0 spiro atoms. The molecule has 0 aliphatic rings. The maximum Gasteiger partial charge on any atom is 0.332 e. The molecule has 5 aromatic rings. The molecule has 0 atom stereocenters. The van der Waals surface area contributed by atoms with E-state index in [-0.39, 0.29) is 5.82 Å². The average molecular weight is 403 g/mol. The lowest BCUT2D eigenvalue weighted by molar-refractivity contribution is 0.628. The molecule has 0 saturated heterocycles. The van der Waals surface area contributed by atoms with Gasteiger partial charge in [-0.3, -0.25) is 22.9 Å². The van der Waals surface area contributed by atoms with Crippen molar-refractivity contribution in [1.29, 1.82) is 0 Å². The van der Waals surface area contributed by atoms with Crippen molar-refractivity contribution < 1.29 is 4.39 Å². The molecule has 2 aromatic carbocycles. The number of hydrogen-bond acceptors (Lipinski definition) is 3. The Morgan fingerprint density at radius 2 is 1.57 bits per heavy atom. The first-order valence-electron chi connectivity index (χ1n) is 9.39.